The van der Waals surface area contributed by atoms with Gasteiger partial charge in [0, 0.05) is 11.8 Å². The molecular formula is C12H10F3N3O. The number of hydrogen-bond donors (Lipinski definition) is 1. The summed E-state index contributed by atoms with van der Waals surface area (Å²) in [6.45, 7) is 0. The molecule has 0 spiro atoms. The summed E-state index contributed by atoms with van der Waals surface area (Å²) in [5, 5.41) is 3.25. The summed E-state index contributed by atoms with van der Waals surface area (Å²) in [7, 11) is 0. The molecule has 0 amide bonds. The largest absolute Gasteiger partial charge is 0.399 e. The number of aromatic nitrogens is 2. The van der Waals surface area contributed by atoms with Crippen LogP contribution < -0.4 is 5.73 Å². The highest BCUT2D eigenvalue weighted by molar-refractivity contribution is 5.67. The molecule has 2 aromatic rings. The van der Waals surface area contributed by atoms with E-state index in [0.717, 1.165) is 5.56 Å². The van der Waals surface area contributed by atoms with E-state index in [2.05, 4.69) is 14.7 Å². The number of rotatable bonds is 3. The fourth-order valence-electron chi connectivity index (χ4n) is 1.42. The summed E-state index contributed by atoms with van der Waals surface area (Å²) >= 11 is 0. The maximum atomic E-state index is 12.1. The number of nitrogens with two attached hydrogens (primary N) is 1. The SMILES string of the molecule is Nc1cccc(/C=C/c2nc(CC(F)(F)F)no2)c1. The minimum Gasteiger partial charge on any atom is -0.399 e. The average Bonchev–Trinajstić information content (AvgIpc) is 2.72. The van der Waals surface area contributed by atoms with E-state index in [0.29, 0.717) is 5.69 Å². The molecule has 4 nitrogen and oxygen atoms in total. The second-order valence-corrected chi connectivity index (χ2v) is 3.84. The van der Waals surface area contributed by atoms with Crippen molar-refractivity contribution in [1.29, 1.82) is 0 Å². The lowest BCUT2D eigenvalue weighted by molar-refractivity contribution is -0.128. The van der Waals surface area contributed by atoms with E-state index < -0.39 is 12.6 Å². The van der Waals surface area contributed by atoms with Gasteiger partial charge in [-0.05, 0) is 23.8 Å². The molecule has 2 rings (SSSR count). The summed E-state index contributed by atoms with van der Waals surface area (Å²) in [6.07, 6.45) is -2.50. The summed E-state index contributed by atoms with van der Waals surface area (Å²) in [6, 6.07) is 6.99. The topological polar surface area (TPSA) is 64.9 Å². The molecule has 0 radical (unpaired) electrons. The molecule has 0 aliphatic carbocycles. The van der Waals surface area contributed by atoms with Crippen LogP contribution in [0.4, 0.5) is 18.9 Å². The Bertz CT molecular complexity index is 590. The number of hydrogen-bond acceptors (Lipinski definition) is 4. The molecule has 1 heterocycles. The zero-order valence-corrected chi connectivity index (χ0v) is 9.69. The van der Waals surface area contributed by atoms with E-state index in [-0.39, 0.29) is 11.7 Å². The number of benzene rings is 1. The maximum Gasteiger partial charge on any atom is 0.396 e. The van der Waals surface area contributed by atoms with Crippen molar-refractivity contribution in [2.24, 2.45) is 0 Å². The summed E-state index contributed by atoms with van der Waals surface area (Å²) in [4.78, 5) is 3.62. The van der Waals surface area contributed by atoms with Crippen LogP contribution in [0.15, 0.2) is 28.8 Å². The Kier molecular flexibility index (Phi) is 3.55. The lowest BCUT2D eigenvalue weighted by atomic mass is 10.2. The van der Waals surface area contributed by atoms with Gasteiger partial charge in [0.2, 0.25) is 0 Å². The maximum absolute atomic E-state index is 12.1. The molecule has 0 saturated heterocycles. The molecule has 19 heavy (non-hydrogen) atoms. The van der Waals surface area contributed by atoms with E-state index in [1.807, 2.05) is 0 Å². The van der Waals surface area contributed by atoms with Crippen molar-refractivity contribution < 1.29 is 17.7 Å². The Morgan fingerprint density at radius 1 is 1.26 bits per heavy atom. The third-order valence-electron chi connectivity index (χ3n) is 2.17. The Labute approximate surface area is 106 Å². The van der Waals surface area contributed by atoms with Gasteiger partial charge in [0.15, 0.2) is 5.82 Å². The van der Waals surface area contributed by atoms with Crippen molar-refractivity contribution in [3.8, 4) is 0 Å². The summed E-state index contributed by atoms with van der Waals surface area (Å²) < 4.78 is 41.0. The van der Waals surface area contributed by atoms with Gasteiger partial charge in [0.1, 0.15) is 6.42 Å². The van der Waals surface area contributed by atoms with Gasteiger partial charge in [-0.2, -0.15) is 18.2 Å². The second-order valence-electron chi connectivity index (χ2n) is 3.84. The standard InChI is InChI=1S/C12H10F3N3O/c13-12(14,15)7-10-17-11(19-18-10)5-4-8-2-1-3-9(16)6-8/h1-6H,7,16H2/b5-4+. The first kappa shape index (κ1) is 13.1. The Hall–Kier alpha value is -2.31. The van der Waals surface area contributed by atoms with Crippen LogP contribution in [0.3, 0.4) is 0 Å². The molecule has 0 unspecified atom stereocenters. The third-order valence-corrected chi connectivity index (χ3v) is 2.17. The molecule has 100 valence electrons. The van der Waals surface area contributed by atoms with Crippen LogP contribution in [0.1, 0.15) is 17.3 Å². The van der Waals surface area contributed by atoms with Gasteiger partial charge >= 0.3 is 6.18 Å². The molecule has 0 saturated carbocycles. The second kappa shape index (κ2) is 5.13. The highest BCUT2D eigenvalue weighted by Crippen LogP contribution is 2.19. The number of anilines is 1. The van der Waals surface area contributed by atoms with Crippen LogP contribution in [0.2, 0.25) is 0 Å². The van der Waals surface area contributed by atoms with Gasteiger partial charge in [0.25, 0.3) is 5.89 Å². The molecule has 7 heteroatoms. The number of nitrogen functional groups attached to an aromatic ring is 1. The number of nitrogens with zero attached hydrogens (tertiary/aromatic N) is 2. The lowest BCUT2D eigenvalue weighted by Gasteiger charge is -1.99. The van der Waals surface area contributed by atoms with Crippen LogP contribution in [0.5, 0.6) is 0 Å². The monoisotopic (exact) mass is 269 g/mol. The Morgan fingerprint density at radius 2 is 2.05 bits per heavy atom. The fraction of sp³-hybridized carbons (Fsp3) is 0.167. The van der Waals surface area contributed by atoms with Crippen LogP contribution in [0.25, 0.3) is 12.2 Å². The molecule has 0 fully saturated rings. The normalized spacial score (nSPS) is 12.2. The smallest absolute Gasteiger partial charge is 0.396 e. The van der Waals surface area contributed by atoms with Crippen LogP contribution in [-0.2, 0) is 6.42 Å². The van der Waals surface area contributed by atoms with Crippen molar-refractivity contribution in [2.75, 3.05) is 5.73 Å². The van der Waals surface area contributed by atoms with Gasteiger partial charge in [-0.1, -0.05) is 17.3 Å². The first-order valence-corrected chi connectivity index (χ1v) is 5.35. The minimum atomic E-state index is -4.35. The van der Waals surface area contributed by atoms with E-state index in [9.17, 15) is 13.2 Å². The average molecular weight is 269 g/mol. The van der Waals surface area contributed by atoms with Crippen molar-refractivity contribution in [3.05, 3.63) is 41.5 Å². The molecule has 0 aliphatic heterocycles. The number of alkyl halides is 3. The fourth-order valence-corrected chi connectivity index (χ4v) is 1.42. The minimum absolute atomic E-state index is 0.0154. The molecule has 0 atom stereocenters. The molecular weight excluding hydrogens is 259 g/mol. The van der Waals surface area contributed by atoms with E-state index in [1.54, 1.807) is 30.3 Å². The van der Waals surface area contributed by atoms with Crippen LogP contribution >= 0.6 is 0 Å². The highest BCUT2D eigenvalue weighted by atomic mass is 19.4. The van der Waals surface area contributed by atoms with Crippen LogP contribution in [-0.4, -0.2) is 16.3 Å². The molecule has 0 bridgehead atoms. The van der Waals surface area contributed by atoms with Gasteiger partial charge in [-0.15, -0.1) is 0 Å². The predicted octanol–water partition coefficient (Wildman–Crippen LogP) is 2.93. The van der Waals surface area contributed by atoms with Gasteiger partial charge in [0.05, 0.1) is 0 Å². The van der Waals surface area contributed by atoms with Crippen molar-refractivity contribution >= 4 is 17.8 Å². The zero-order chi connectivity index (χ0) is 13.9. The molecule has 2 N–H and O–H groups in total. The highest BCUT2D eigenvalue weighted by Gasteiger charge is 2.30. The molecule has 1 aromatic heterocycles. The third kappa shape index (κ3) is 4.13. The van der Waals surface area contributed by atoms with Gasteiger partial charge in [-0.3, -0.25) is 0 Å². The van der Waals surface area contributed by atoms with Crippen molar-refractivity contribution in [2.45, 2.75) is 12.6 Å². The Balaban J connectivity index is 2.08. The van der Waals surface area contributed by atoms with Crippen LogP contribution in [0, 0.1) is 0 Å². The lowest BCUT2D eigenvalue weighted by Crippen LogP contribution is -2.12. The van der Waals surface area contributed by atoms with E-state index in [4.69, 9.17) is 5.73 Å². The Morgan fingerprint density at radius 3 is 2.74 bits per heavy atom. The first-order chi connectivity index (χ1) is 8.92. The molecule has 0 aliphatic rings. The number of halogens is 3. The van der Waals surface area contributed by atoms with Crippen molar-refractivity contribution in [1.82, 2.24) is 10.1 Å². The van der Waals surface area contributed by atoms with E-state index >= 15 is 0 Å². The summed E-state index contributed by atoms with van der Waals surface area (Å²) in [5.74, 6) is -0.374. The molecule has 1 aromatic carbocycles. The van der Waals surface area contributed by atoms with Gasteiger partial charge in [-0.25, -0.2) is 0 Å². The predicted molar refractivity (Wildman–Crippen MR) is 63.8 cm³/mol. The zero-order valence-electron chi connectivity index (χ0n) is 9.69. The van der Waals surface area contributed by atoms with Crippen molar-refractivity contribution in [3.63, 3.8) is 0 Å². The van der Waals surface area contributed by atoms with E-state index in [1.165, 1.54) is 6.08 Å². The van der Waals surface area contributed by atoms with Gasteiger partial charge < -0.3 is 10.3 Å². The quantitative estimate of drug-likeness (QED) is 0.870. The summed E-state index contributed by atoms with van der Waals surface area (Å²) in [5.41, 5.74) is 6.97. The first-order valence-electron chi connectivity index (χ1n) is 5.35.